The van der Waals surface area contributed by atoms with Gasteiger partial charge in [-0.3, -0.25) is 48.3 Å². The molecule has 0 aliphatic carbocycles. The van der Waals surface area contributed by atoms with Gasteiger partial charge in [-0.05, 0) is 305 Å². The third-order valence-electron chi connectivity index (χ3n) is 25.1. The number of rotatable bonds is 20. The number of aromatic carboxylic acids is 1. The summed E-state index contributed by atoms with van der Waals surface area (Å²) in [4.78, 5) is 111. The molecule has 0 radical (unpaired) electrons. The third kappa shape index (κ3) is 28.8. The molecule has 0 saturated carbocycles. The average molecular weight is 1840 g/mol. The maximum Gasteiger partial charge on any atom is 0.410 e. The van der Waals surface area contributed by atoms with Crippen molar-refractivity contribution in [1.29, 1.82) is 0 Å². The molecule has 34 heteroatoms. The zero-order valence-corrected chi connectivity index (χ0v) is 81.0. The second-order valence-corrected chi connectivity index (χ2v) is 37.0. The zero-order valence-electron chi connectivity index (χ0n) is 81.0. The minimum absolute atomic E-state index is 0.217. The first-order valence-corrected chi connectivity index (χ1v) is 46.8. The maximum atomic E-state index is 12.4. The minimum atomic E-state index is -0.913. The van der Waals surface area contributed by atoms with Gasteiger partial charge in [0.1, 0.15) is 11.2 Å². The summed E-state index contributed by atoms with van der Waals surface area (Å²) < 4.78 is 41.0. The molecule has 0 spiro atoms. The van der Waals surface area contributed by atoms with Gasteiger partial charge in [-0.1, -0.05) is 0 Å². The van der Waals surface area contributed by atoms with E-state index in [1.54, 1.807) is 95.9 Å². The van der Waals surface area contributed by atoms with E-state index in [1.807, 2.05) is 86.3 Å². The molecule has 34 nitrogen and oxygen atoms in total. The largest absolute Gasteiger partial charge is 0.478 e. The van der Waals surface area contributed by atoms with Gasteiger partial charge in [0.15, 0.2) is 0 Å². The lowest BCUT2D eigenvalue weighted by molar-refractivity contribution is 0.0244. The van der Waals surface area contributed by atoms with Gasteiger partial charge >= 0.3 is 42.0 Å². The highest BCUT2D eigenvalue weighted by Gasteiger charge is 2.32. The quantitative estimate of drug-likeness (QED) is 0.0471. The van der Waals surface area contributed by atoms with E-state index in [0.717, 1.165) is 195 Å². The number of aryl methyl sites for hydroxylation is 3. The Bertz CT molecular complexity index is 5430. The molecule has 10 aromatic rings. The van der Waals surface area contributed by atoms with E-state index in [4.69, 9.17) is 43.7 Å². The number of carboxylic acid groups (broad SMARTS) is 1. The molecular weight excluding hydrogens is 1710 g/mol. The Kier molecular flexibility index (Phi) is 37.3. The summed E-state index contributed by atoms with van der Waals surface area (Å²) in [6.45, 7) is 30.6. The minimum Gasteiger partial charge on any atom is -0.478 e. The molecule has 5 atom stereocenters. The standard InChI is InChI=1S/2C23H32N4O4.3C18H24N4O2/c1-16-17(13-18-14-24-10-8-20(18)21(28)30-5)15-25-27(16)19-7-6-11-26(12-9-19)22(29)31-23(2,3)4;1-16-18(13-17-14-24-10-8-20(17)21(28)30-5)15-27(25-16)19-7-6-11-26(12-9-19)22(29)31-23(2,3)4;1-13-15(10-14-11-19-7-5-17(14)18(23)24)12-22(20-13)16-4-3-8-21(2)9-6-16;1-13-14(10-15-11-20-9-6-17(15)18(23)24-2)12-21-22(13)16-4-3-7-19-8-5-16;1-13-15(10-14-11-20-9-6-17(14)18(23)24-2)12-22(21-13)16-4-3-7-19-8-5-16/h2*8,10,14-15,19H,6-7,9,11-13H2,1-5H3;5,7,11-12,16H,3-4,6,8-10H2,1-2H3,(H,23,24);2*6,9,11-12,16,19H,3-5,7-8,10H2,1-2H3. The molecule has 3 N–H and O–H groups in total. The lowest BCUT2D eigenvalue weighted by Gasteiger charge is -2.26. The third-order valence-corrected chi connectivity index (χ3v) is 25.1. The van der Waals surface area contributed by atoms with E-state index in [9.17, 15) is 38.7 Å². The van der Waals surface area contributed by atoms with Gasteiger partial charge < -0.3 is 58.9 Å². The van der Waals surface area contributed by atoms with Crippen molar-refractivity contribution in [2.75, 3.05) is 101 Å². The van der Waals surface area contributed by atoms with E-state index in [-0.39, 0.29) is 48.1 Å². The number of hydrogen-bond acceptors (Lipinski definition) is 26. The van der Waals surface area contributed by atoms with E-state index in [0.29, 0.717) is 104 Å². The van der Waals surface area contributed by atoms with E-state index < -0.39 is 17.2 Å². The Morgan fingerprint density at radius 3 is 1.02 bits per heavy atom. The van der Waals surface area contributed by atoms with Crippen molar-refractivity contribution in [3.63, 3.8) is 0 Å². The summed E-state index contributed by atoms with van der Waals surface area (Å²) in [5, 5.41) is 39.6. The number of carbonyl (C=O) groups is 7. The van der Waals surface area contributed by atoms with Crippen molar-refractivity contribution in [1.82, 2.24) is 99.2 Å². The van der Waals surface area contributed by atoms with Crippen molar-refractivity contribution in [2.24, 2.45) is 0 Å². The second-order valence-electron chi connectivity index (χ2n) is 37.0. The fourth-order valence-corrected chi connectivity index (χ4v) is 17.6. The maximum absolute atomic E-state index is 12.4. The number of aromatic nitrogens is 15. The molecule has 5 aliphatic rings. The molecule has 0 aromatic carbocycles. The lowest BCUT2D eigenvalue weighted by atomic mass is 10.0. The molecule has 2 amide bonds. The Balaban J connectivity index is 0.000000162. The highest BCUT2D eigenvalue weighted by Crippen LogP contribution is 2.33. The van der Waals surface area contributed by atoms with E-state index >= 15 is 0 Å². The number of likely N-dealkylation sites (tertiary alicyclic amines) is 3. The zero-order chi connectivity index (χ0) is 96.2. The summed E-state index contributed by atoms with van der Waals surface area (Å²) in [6.07, 6.45) is 44.5. The van der Waals surface area contributed by atoms with Gasteiger partial charge in [0.25, 0.3) is 0 Å². The van der Waals surface area contributed by atoms with Gasteiger partial charge in [0.2, 0.25) is 0 Å². The fourth-order valence-electron chi connectivity index (χ4n) is 17.6. The molecule has 10 aromatic heterocycles. The van der Waals surface area contributed by atoms with Gasteiger partial charge in [0, 0.05) is 150 Å². The van der Waals surface area contributed by atoms with Crippen molar-refractivity contribution in [2.45, 2.75) is 246 Å². The van der Waals surface area contributed by atoms with Crippen LogP contribution in [0.1, 0.15) is 304 Å². The van der Waals surface area contributed by atoms with Crippen LogP contribution in [0.15, 0.2) is 123 Å². The lowest BCUT2D eigenvalue weighted by Crippen LogP contribution is -2.37. The van der Waals surface area contributed by atoms with Crippen molar-refractivity contribution in [3.8, 4) is 0 Å². The Morgan fingerprint density at radius 1 is 0.358 bits per heavy atom. The Hall–Kier alpha value is -12.4. The van der Waals surface area contributed by atoms with Crippen LogP contribution in [0.4, 0.5) is 9.59 Å². The molecule has 134 heavy (non-hydrogen) atoms. The molecule has 15 heterocycles. The van der Waals surface area contributed by atoms with Crippen molar-refractivity contribution in [3.05, 3.63) is 235 Å². The van der Waals surface area contributed by atoms with Crippen molar-refractivity contribution < 1.29 is 67.1 Å². The molecule has 5 unspecified atom stereocenters. The number of methoxy groups -OCH3 is 4. The predicted octanol–water partition coefficient (Wildman–Crippen LogP) is 14.9. The first kappa shape index (κ1) is 102. The van der Waals surface area contributed by atoms with Crippen LogP contribution >= 0.6 is 0 Å². The summed E-state index contributed by atoms with van der Waals surface area (Å²) in [5.74, 6) is -2.30. The number of carboxylic acids is 1. The molecular formula is C100H136N20O14. The van der Waals surface area contributed by atoms with Crippen LogP contribution in [0.2, 0.25) is 0 Å². The molecule has 720 valence electrons. The molecule has 5 fully saturated rings. The first-order valence-electron chi connectivity index (χ1n) is 46.8. The summed E-state index contributed by atoms with van der Waals surface area (Å²) in [6, 6.07) is 10.1. The van der Waals surface area contributed by atoms with Crippen LogP contribution < -0.4 is 10.6 Å². The Labute approximate surface area is 786 Å². The topological polar surface area (TPSA) is 382 Å². The number of ether oxygens (including phenoxy) is 6. The van der Waals surface area contributed by atoms with Crippen LogP contribution in [-0.2, 0) is 60.5 Å². The van der Waals surface area contributed by atoms with E-state index in [2.05, 4.69) is 102 Å². The van der Waals surface area contributed by atoms with Crippen LogP contribution in [0.3, 0.4) is 0 Å². The highest BCUT2D eigenvalue weighted by atomic mass is 16.6. The summed E-state index contributed by atoms with van der Waals surface area (Å²) in [5.41, 5.74) is 16.2. The average Bonchev–Trinajstić information content (AvgIpc) is 1.66. The molecule has 15 rings (SSSR count). The summed E-state index contributed by atoms with van der Waals surface area (Å²) >= 11 is 0. The van der Waals surface area contributed by atoms with Gasteiger partial charge in [-0.2, -0.15) is 25.5 Å². The molecule has 5 saturated heterocycles. The van der Waals surface area contributed by atoms with Gasteiger partial charge in [-0.15, -0.1) is 0 Å². The fraction of sp³-hybridized carbons (Fsp3) is 0.530. The number of nitrogens with zero attached hydrogens (tertiary/aromatic N) is 18. The normalized spacial score (nSPS) is 17.9. The smallest absolute Gasteiger partial charge is 0.410 e. The van der Waals surface area contributed by atoms with Crippen LogP contribution in [0.5, 0.6) is 0 Å². The predicted molar refractivity (Wildman–Crippen MR) is 506 cm³/mol. The SMILES string of the molecule is COC(=O)c1ccncc1Cc1cn(C2CCCN(C(=O)OC(C)(C)C)CC2)nc1C.COC(=O)c1ccncc1Cc1cn(C2CCCNCC2)nc1C.COC(=O)c1ccncc1Cc1cnn(C2CCCN(C(=O)OC(C)(C)C)CC2)c1C.COC(=O)c1ccncc1Cc1cnn(C2CCCNCC2)c1C.Cc1nn(C2CCCN(C)CC2)cc1Cc1cnccc1C(=O)O. The van der Waals surface area contributed by atoms with Gasteiger partial charge in [-0.25, -0.2) is 33.6 Å². The number of nitrogens with one attached hydrogen (secondary N) is 2. The molecule has 0 bridgehead atoms. The van der Waals surface area contributed by atoms with Crippen LogP contribution in [0.25, 0.3) is 0 Å². The highest BCUT2D eigenvalue weighted by molar-refractivity contribution is 5.93. The van der Waals surface area contributed by atoms with Crippen molar-refractivity contribution >= 4 is 42.0 Å². The number of carbonyl (C=O) groups excluding carboxylic acids is 6. The number of pyridine rings is 5. The monoisotopic (exact) mass is 1840 g/mol. The van der Waals surface area contributed by atoms with Crippen LogP contribution in [0, 0.1) is 34.6 Å². The number of amides is 2. The molecule has 5 aliphatic heterocycles. The first-order chi connectivity index (χ1) is 64.3. The van der Waals surface area contributed by atoms with Gasteiger partial charge in [0.05, 0.1) is 116 Å². The van der Waals surface area contributed by atoms with E-state index in [1.165, 1.54) is 59.6 Å². The summed E-state index contributed by atoms with van der Waals surface area (Å²) in [7, 11) is 7.72. The van der Waals surface area contributed by atoms with Crippen LogP contribution in [-0.4, -0.2) is 248 Å². The number of esters is 4. The second kappa shape index (κ2) is 49.0. The Morgan fingerprint density at radius 2 is 0.657 bits per heavy atom. The number of hydrogen-bond donors (Lipinski definition) is 3.